The standard InChI is InChI=1S/C31H30F3N5O/c1-21-7-11-26(18-23(21)10-12-28-22(2)35-29-6-4-5-13-39(28)29)36-30(40)24-8-9-25(27(19-24)31(32,33)34)20-38-16-14-37(3)15-17-38/h4-9,11,13,18-19H,14-17,20H2,1-3H3,(H,36,40). The lowest BCUT2D eigenvalue weighted by Gasteiger charge is -2.33. The Morgan fingerprint density at radius 1 is 1.00 bits per heavy atom. The molecule has 0 unspecified atom stereocenters. The SMILES string of the molecule is Cc1ccc(NC(=O)c2ccc(CN3CCN(C)CC3)c(C(F)(F)F)c2)cc1C#Cc1c(C)nc2ccccn12. The van der Waals surface area contributed by atoms with E-state index in [0.717, 1.165) is 41.8 Å². The molecule has 1 N–H and O–H groups in total. The van der Waals surface area contributed by atoms with E-state index >= 15 is 0 Å². The molecule has 1 amide bonds. The number of hydrogen-bond acceptors (Lipinski definition) is 4. The summed E-state index contributed by atoms with van der Waals surface area (Å²) in [6.07, 6.45) is -2.67. The molecule has 6 nitrogen and oxygen atoms in total. The van der Waals surface area contributed by atoms with E-state index < -0.39 is 17.6 Å². The summed E-state index contributed by atoms with van der Waals surface area (Å²) >= 11 is 0. The molecule has 2 aromatic heterocycles. The number of alkyl halides is 3. The molecule has 40 heavy (non-hydrogen) atoms. The minimum absolute atomic E-state index is 0.0518. The summed E-state index contributed by atoms with van der Waals surface area (Å²) < 4.78 is 43.9. The number of nitrogens with zero attached hydrogens (tertiary/aromatic N) is 4. The van der Waals surface area contributed by atoms with Crippen LogP contribution in [0.1, 0.15) is 44.0 Å². The second-order valence-electron chi connectivity index (χ2n) is 10.2. The average molecular weight is 546 g/mol. The highest BCUT2D eigenvalue weighted by atomic mass is 19.4. The van der Waals surface area contributed by atoms with Crippen LogP contribution in [-0.2, 0) is 12.7 Å². The Morgan fingerprint density at radius 3 is 2.52 bits per heavy atom. The number of likely N-dealkylation sites (N-methyl/N-ethyl adjacent to an activating group) is 1. The van der Waals surface area contributed by atoms with Crippen molar-refractivity contribution in [1.82, 2.24) is 19.2 Å². The van der Waals surface area contributed by atoms with Crippen molar-refractivity contribution in [3.05, 3.63) is 100.0 Å². The summed E-state index contributed by atoms with van der Waals surface area (Å²) in [6.45, 7) is 7.01. The number of rotatable bonds is 4. The van der Waals surface area contributed by atoms with Gasteiger partial charge in [-0.3, -0.25) is 14.1 Å². The first-order chi connectivity index (χ1) is 19.1. The Balaban J connectivity index is 1.36. The van der Waals surface area contributed by atoms with Gasteiger partial charge in [0.2, 0.25) is 0 Å². The van der Waals surface area contributed by atoms with Gasteiger partial charge < -0.3 is 10.2 Å². The number of aromatic nitrogens is 2. The summed E-state index contributed by atoms with van der Waals surface area (Å²) in [5.41, 5.74) is 3.76. The number of pyridine rings is 1. The molecule has 9 heteroatoms. The van der Waals surface area contributed by atoms with Crippen LogP contribution in [0.25, 0.3) is 5.65 Å². The second-order valence-corrected chi connectivity index (χ2v) is 10.2. The number of carbonyl (C=O) groups is 1. The number of halogens is 3. The van der Waals surface area contributed by atoms with Crippen molar-refractivity contribution < 1.29 is 18.0 Å². The first kappa shape index (κ1) is 27.4. The second kappa shape index (κ2) is 11.2. The lowest BCUT2D eigenvalue weighted by atomic mass is 10.0. The molecule has 2 aromatic carbocycles. The molecule has 3 heterocycles. The largest absolute Gasteiger partial charge is 0.416 e. The van der Waals surface area contributed by atoms with Gasteiger partial charge in [0.15, 0.2) is 0 Å². The van der Waals surface area contributed by atoms with Crippen LogP contribution in [0.3, 0.4) is 0 Å². The lowest BCUT2D eigenvalue weighted by Crippen LogP contribution is -2.44. The highest BCUT2D eigenvalue weighted by Gasteiger charge is 2.34. The van der Waals surface area contributed by atoms with Crippen LogP contribution in [0.5, 0.6) is 0 Å². The number of amides is 1. The smallest absolute Gasteiger partial charge is 0.322 e. The van der Waals surface area contributed by atoms with Crippen LogP contribution in [-0.4, -0.2) is 58.3 Å². The molecule has 0 radical (unpaired) electrons. The van der Waals surface area contributed by atoms with E-state index in [0.29, 0.717) is 24.3 Å². The topological polar surface area (TPSA) is 52.9 Å². The van der Waals surface area contributed by atoms with Gasteiger partial charge in [0.05, 0.1) is 11.3 Å². The third-order valence-electron chi connectivity index (χ3n) is 7.18. The zero-order valence-electron chi connectivity index (χ0n) is 22.6. The van der Waals surface area contributed by atoms with Gasteiger partial charge in [-0.15, -0.1) is 0 Å². The summed E-state index contributed by atoms with van der Waals surface area (Å²) in [5.74, 6) is 5.72. The number of fused-ring (bicyclic) bond motifs is 1. The maximum absolute atomic E-state index is 14.0. The van der Waals surface area contributed by atoms with Crippen LogP contribution in [0.4, 0.5) is 18.9 Å². The zero-order valence-corrected chi connectivity index (χ0v) is 22.6. The van der Waals surface area contributed by atoms with Gasteiger partial charge in [-0.1, -0.05) is 24.1 Å². The molecule has 0 spiro atoms. The third-order valence-corrected chi connectivity index (χ3v) is 7.18. The summed E-state index contributed by atoms with van der Waals surface area (Å²) in [4.78, 5) is 21.7. The number of hydrogen-bond donors (Lipinski definition) is 1. The van der Waals surface area contributed by atoms with Crippen LogP contribution in [0, 0.1) is 25.7 Å². The van der Waals surface area contributed by atoms with E-state index in [2.05, 4.69) is 27.0 Å². The number of aryl methyl sites for hydroxylation is 2. The normalized spacial score (nSPS) is 14.7. The monoisotopic (exact) mass is 545 g/mol. The average Bonchev–Trinajstić information content (AvgIpc) is 3.24. The Morgan fingerprint density at radius 2 is 1.77 bits per heavy atom. The molecule has 0 aliphatic carbocycles. The van der Waals surface area contributed by atoms with Gasteiger partial charge in [-0.2, -0.15) is 13.2 Å². The molecule has 0 atom stereocenters. The van der Waals surface area contributed by atoms with Gasteiger partial charge in [-0.05, 0) is 74.3 Å². The van der Waals surface area contributed by atoms with E-state index in [1.807, 2.05) is 60.7 Å². The Labute approximate surface area is 231 Å². The molecule has 1 fully saturated rings. The number of nitrogens with one attached hydrogen (secondary N) is 1. The van der Waals surface area contributed by atoms with Gasteiger partial charge in [0, 0.05) is 55.7 Å². The van der Waals surface area contributed by atoms with E-state index in [1.165, 1.54) is 12.1 Å². The van der Waals surface area contributed by atoms with Crippen molar-refractivity contribution in [3.63, 3.8) is 0 Å². The summed E-state index contributed by atoms with van der Waals surface area (Å²) in [7, 11) is 2.00. The fraction of sp³-hybridized carbons (Fsp3) is 0.290. The summed E-state index contributed by atoms with van der Waals surface area (Å²) in [5, 5.41) is 2.74. The first-order valence-electron chi connectivity index (χ1n) is 13.1. The molecule has 0 saturated carbocycles. The Hall–Kier alpha value is -4.13. The van der Waals surface area contributed by atoms with Crippen LogP contribution >= 0.6 is 0 Å². The lowest BCUT2D eigenvalue weighted by molar-refractivity contribution is -0.138. The van der Waals surface area contributed by atoms with Crippen LogP contribution < -0.4 is 5.32 Å². The molecule has 0 bridgehead atoms. The van der Waals surface area contributed by atoms with Gasteiger partial charge in [0.25, 0.3) is 5.91 Å². The molecule has 4 aromatic rings. The highest BCUT2D eigenvalue weighted by molar-refractivity contribution is 6.04. The molecular formula is C31H30F3N5O. The van der Waals surface area contributed by atoms with E-state index in [4.69, 9.17) is 0 Å². The number of piperazine rings is 1. The number of benzene rings is 2. The van der Waals surface area contributed by atoms with Gasteiger partial charge in [-0.25, -0.2) is 4.98 Å². The van der Waals surface area contributed by atoms with E-state index in [9.17, 15) is 18.0 Å². The fourth-order valence-corrected chi connectivity index (χ4v) is 4.79. The number of anilines is 1. The zero-order chi connectivity index (χ0) is 28.4. The van der Waals surface area contributed by atoms with Crippen LogP contribution in [0.15, 0.2) is 60.8 Å². The van der Waals surface area contributed by atoms with Gasteiger partial charge in [0.1, 0.15) is 11.3 Å². The molecule has 5 rings (SSSR count). The molecule has 1 aliphatic rings. The van der Waals surface area contributed by atoms with Crippen LogP contribution in [0.2, 0.25) is 0 Å². The predicted octanol–water partition coefficient (Wildman–Crippen LogP) is 5.37. The van der Waals surface area contributed by atoms with E-state index in [-0.39, 0.29) is 17.7 Å². The van der Waals surface area contributed by atoms with Crippen molar-refractivity contribution in [2.75, 3.05) is 38.5 Å². The first-order valence-corrected chi connectivity index (χ1v) is 13.1. The fourth-order valence-electron chi connectivity index (χ4n) is 4.79. The molecule has 1 saturated heterocycles. The predicted molar refractivity (Wildman–Crippen MR) is 149 cm³/mol. The quantitative estimate of drug-likeness (QED) is 0.351. The maximum Gasteiger partial charge on any atom is 0.416 e. The molecule has 1 aliphatic heterocycles. The molecular weight excluding hydrogens is 515 g/mol. The van der Waals surface area contributed by atoms with Gasteiger partial charge >= 0.3 is 6.18 Å². The molecule has 206 valence electrons. The third kappa shape index (κ3) is 6.03. The Kier molecular flexibility index (Phi) is 7.66. The van der Waals surface area contributed by atoms with Crippen molar-refractivity contribution in [1.29, 1.82) is 0 Å². The maximum atomic E-state index is 14.0. The van der Waals surface area contributed by atoms with Crippen molar-refractivity contribution in [2.45, 2.75) is 26.6 Å². The summed E-state index contributed by atoms with van der Waals surface area (Å²) in [6, 6.07) is 14.8. The van der Waals surface area contributed by atoms with Crippen molar-refractivity contribution >= 4 is 17.2 Å². The minimum atomic E-state index is -4.57. The Bertz CT molecular complexity index is 1620. The highest BCUT2D eigenvalue weighted by Crippen LogP contribution is 2.34. The number of imidazole rings is 1. The van der Waals surface area contributed by atoms with E-state index in [1.54, 1.807) is 12.1 Å². The number of carbonyl (C=O) groups excluding carboxylic acids is 1. The van der Waals surface area contributed by atoms with Crippen molar-refractivity contribution in [2.24, 2.45) is 0 Å². The van der Waals surface area contributed by atoms with Crippen molar-refractivity contribution in [3.8, 4) is 11.8 Å². The minimum Gasteiger partial charge on any atom is -0.322 e.